The molecule has 2 rings (SSSR count). The van der Waals surface area contributed by atoms with Crippen molar-refractivity contribution in [3.05, 3.63) is 47.3 Å². The summed E-state index contributed by atoms with van der Waals surface area (Å²) in [6, 6.07) is 2.76. The highest BCUT2D eigenvalue weighted by atomic mass is 19.4. The Morgan fingerprint density at radius 3 is 2.73 bits per heavy atom. The van der Waals surface area contributed by atoms with Crippen LogP contribution < -0.4 is 5.73 Å². The molecule has 0 amide bonds. The normalized spacial score (nSPS) is 18.8. The molecular formula is C14H14F3N3O2. The Bertz CT molecular complexity index is 653. The molecule has 2 heterocycles. The number of hydrogen-bond donors (Lipinski definition) is 2. The number of alkyl halides is 3. The average molecular weight is 313 g/mol. The van der Waals surface area contributed by atoms with Crippen molar-refractivity contribution in [2.45, 2.75) is 18.8 Å². The van der Waals surface area contributed by atoms with Crippen LogP contribution in [-0.2, 0) is 11.2 Å². The lowest BCUT2D eigenvalue weighted by molar-refractivity contribution is -0.133. The second-order valence-electron chi connectivity index (χ2n) is 4.84. The summed E-state index contributed by atoms with van der Waals surface area (Å²) in [7, 11) is 1.51. The van der Waals surface area contributed by atoms with Crippen molar-refractivity contribution < 1.29 is 23.1 Å². The Morgan fingerprint density at radius 1 is 1.45 bits per heavy atom. The van der Waals surface area contributed by atoms with Crippen LogP contribution in [0.3, 0.4) is 0 Å². The lowest BCUT2D eigenvalue weighted by atomic mass is 10.0. The first-order valence-corrected chi connectivity index (χ1v) is 6.35. The fraction of sp³-hybridized carbons (Fsp3) is 0.286. The van der Waals surface area contributed by atoms with E-state index >= 15 is 0 Å². The van der Waals surface area contributed by atoms with Gasteiger partial charge in [0.1, 0.15) is 6.17 Å². The van der Waals surface area contributed by atoms with Gasteiger partial charge in [-0.2, -0.15) is 13.2 Å². The van der Waals surface area contributed by atoms with Gasteiger partial charge in [-0.15, -0.1) is 0 Å². The molecule has 1 aliphatic rings. The standard InChI is InChI=1S/C14H14F3N3O2/c1-20-10(5-4-9(12(20)18)13(21)22)11-8(3-2-6-19-11)7-14(15,16)17/h2-6,12H,7,18H2,1H3,(H,21,22). The van der Waals surface area contributed by atoms with Gasteiger partial charge in [-0.05, 0) is 23.8 Å². The molecule has 5 nitrogen and oxygen atoms in total. The van der Waals surface area contributed by atoms with Crippen LogP contribution in [0.15, 0.2) is 36.1 Å². The predicted molar refractivity (Wildman–Crippen MR) is 73.4 cm³/mol. The monoisotopic (exact) mass is 313 g/mol. The van der Waals surface area contributed by atoms with E-state index in [0.717, 1.165) is 0 Å². The maximum atomic E-state index is 12.7. The van der Waals surface area contributed by atoms with Crippen molar-refractivity contribution >= 4 is 11.7 Å². The largest absolute Gasteiger partial charge is 0.478 e. The molecule has 1 unspecified atom stereocenters. The topological polar surface area (TPSA) is 79.5 Å². The fourth-order valence-electron chi connectivity index (χ4n) is 2.21. The zero-order chi connectivity index (χ0) is 16.5. The first-order chi connectivity index (χ1) is 10.2. The Labute approximate surface area is 124 Å². The summed E-state index contributed by atoms with van der Waals surface area (Å²) in [5.74, 6) is -1.17. The second kappa shape index (κ2) is 5.80. The smallest absolute Gasteiger partial charge is 0.393 e. The number of likely N-dealkylation sites (N-methyl/N-ethyl adjacent to an activating group) is 1. The van der Waals surface area contributed by atoms with Crippen molar-refractivity contribution in [2.24, 2.45) is 5.73 Å². The summed E-state index contributed by atoms with van der Waals surface area (Å²) in [5, 5.41) is 9.02. The van der Waals surface area contributed by atoms with E-state index < -0.39 is 24.7 Å². The van der Waals surface area contributed by atoms with Crippen LogP contribution in [0, 0.1) is 0 Å². The lowest BCUT2D eigenvalue weighted by Gasteiger charge is -2.32. The van der Waals surface area contributed by atoms with Crippen molar-refractivity contribution in [3.63, 3.8) is 0 Å². The number of pyridine rings is 1. The Hall–Kier alpha value is -2.35. The summed E-state index contributed by atoms with van der Waals surface area (Å²) in [6.45, 7) is 0. The first kappa shape index (κ1) is 16.0. The molecule has 0 aromatic carbocycles. The molecule has 3 N–H and O–H groups in total. The minimum Gasteiger partial charge on any atom is -0.478 e. The van der Waals surface area contributed by atoms with Gasteiger partial charge in [0.05, 0.1) is 23.4 Å². The van der Waals surface area contributed by atoms with Crippen LogP contribution in [0.25, 0.3) is 5.70 Å². The highest BCUT2D eigenvalue weighted by molar-refractivity contribution is 5.90. The van der Waals surface area contributed by atoms with Gasteiger partial charge in [-0.1, -0.05) is 6.07 Å². The molecule has 0 saturated carbocycles. The maximum absolute atomic E-state index is 12.7. The summed E-state index contributed by atoms with van der Waals surface area (Å²) < 4.78 is 38.0. The molecule has 1 atom stereocenters. The van der Waals surface area contributed by atoms with E-state index in [-0.39, 0.29) is 16.8 Å². The highest BCUT2D eigenvalue weighted by Gasteiger charge is 2.32. The molecule has 1 aromatic heterocycles. The van der Waals surface area contributed by atoms with Crippen LogP contribution in [0.5, 0.6) is 0 Å². The minimum absolute atomic E-state index is 0.00692. The Kier molecular flexibility index (Phi) is 4.23. The van der Waals surface area contributed by atoms with E-state index in [1.165, 1.54) is 42.4 Å². The van der Waals surface area contributed by atoms with Crippen molar-refractivity contribution in [1.82, 2.24) is 9.88 Å². The molecule has 0 spiro atoms. The van der Waals surface area contributed by atoms with Gasteiger partial charge >= 0.3 is 12.1 Å². The number of carboxylic acid groups (broad SMARTS) is 1. The quantitative estimate of drug-likeness (QED) is 0.889. The third-order valence-corrected chi connectivity index (χ3v) is 3.31. The summed E-state index contributed by atoms with van der Waals surface area (Å²) in [5.41, 5.74) is 6.26. The number of halogens is 3. The second-order valence-corrected chi connectivity index (χ2v) is 4.84. The van der Waals surface area contributed by atoms with Crippen LogP contribution >= 0.6 is 0 Å². The third-order valence-electron chi connectivity index (χ3n) is 3.31. The molecule has 1 aliphatic heterocycles. The van der Waals surface area contributed by atoms with E-state index in [9.17, 15) is 18.0 Å². The van der Waals surface area contributed by atoms with Crippen molar-refractivity contribution in [3.8, 4) is 0 Å². The van der Waals surface area contributed by atoms with E-state index in [1.54, 1.807) is 0 Å². The highest BCUT2D eigenvalue weighted by Crippen LogP contribution is 2.30. The Morgan fingerprint density at radius 2 is 2.14 bits per heavy atom. The maximum Gasteiger partial charge on any atom is 0.393 e. The van der Waals surface area contributed by atoms with E-state index in [1.807, 2.05) is 0 Å². The van der Waals surface area contributed by atoms with Gasteiger partial charge in [0.15, 0.2) is 0 Å². The molecule has 0 bridgehead atoms. The molecule has 22 heavy (non-hydrogen) atoms. The zero-order valence-corrected chi connectivity index (χ0v) is 11.6. The number of hydrogen-bond acceptors (Lipinski definition) is 4. The molecule has 0 fully saturated rings. The summed E-state index contributed by atoms with van der Waals surface area (Å²) in [4.78, 5) is 16.4. The van der Waals surface area contributed by atoms with E-state index in [0.29, 0.717) is 5.70 Å². The fourth-order valence-corrected chi connectivity index (χ4v) is 2.21. The van der Waals surface area contributed by atoms with Crippen LogP contribution in [0.2, 0.25) is 0 Å². The number of carbonyl (C=O) groups is 1. The molecule has 0 radical (unpaired) electrons. The average Bonchev–Trinajstić information content (AvgIpc) is 2.40. The molecule has 118 valence electrons. The van der Waals surface area contributed by atoms with Gasteiger partial charge < -0.3 is 15.7 Å². The third kappa shape index (κ3) is 3.28. The summed E-state index contributed by atoms with van der Waals surface area (Å²) in [6.07, 6.45) is -2.37. The Balaban J connectivity index is 2.46. The number of aromatic nitrogens is 1. The SMILES string of the molecule is CN1C(c2ncccc2CC(F)(F)F)=CC=C(C(=O)O)C1N. The minimum atomic E-state index is -4.37. The number of aliphatic carboxylic acids is 1. The van der Waals surface area contributed by atoms with Gasteiger partial charge in [-0.25, -0.2) is 4.79 Å². The van der Waals surface area contributed by atoms with Crippen molar-refractivity contribution in [2.75, 3.05) is 7.05 Å². The first-order valence-electron chi connectivity index (χ1n) is 6.35. The molecule has 8 heteroatoms. The molecule has 0 aliphatic carbocycles. The van der Waals surface area contributed by atoms with Gasteiger partial charge in [-0.3, -0.25) is 4.98 Å². The number of nitrogens with zero attached hydrogens (tertiary/aromatic N) is 2. The van der Waals surface area contributed by atoms with Crippen LogP contribution in [0.4, 0.5) is 13.2 Å². The molecule has 0 saturated heterocycles. The predicted octanol–water partition coefficient (Wildman–Crippen LogP) is 1.77. The van der Waals surface area contributed by atoms with Gasteiger partial charge in [0.25, 0.3) is 0 Å². The van der Waals surface area contributed by atoms with Crippen LogP contribution in [0.1, 0.15) is 11.3 Å². The van der Waals surface area contributed by atoms with E-state index in [2.05, 4.69) is 4.98 Å². The van der Waals surface area contributed by atoms with Gasteiger partial charge in [0, 0.05) is 13.2 Å². The van der Waals surface area contributed by atoms with Gasteiger partial charge in [0.2, 0.25) is 0 Å². The number of nitrogens with two attached hydrogens (primary N) is 1. The number of allylic oxidation sites excluding steroid dienone is 2. The van der Waals surface area contributed by atoms with E-state index in [4.69, 9.17) is 10.8 Å². The zero-order valence-electron chi connectivity index (χ0n) is 11.6. The summed E-state index contributed by atoms with van der Waals surface area (Å²) >= 11 is 0. The van der Waals surface area contributed by atoms with Crippen LogP contribution in [-0.4, -0.2) is 40.3 Å². The lowest BCUT2D eigenvalue weighted by Crippen LogP contribution is -2.43. The number of carboxylic acids is 1. The number of rotatable bonds is 3. The van der Waals surface area contributed by atoms with Crippen molar-refractivity contribution in [1.29, 1.82) is 0 Å². The molecule has 1 aromatic rings. The molecular weight excluding hydrogens is 299 g/mol.